The molecule has 0 bridgehead atoms. The fourth-order valence-electron chi connectivity index (χ4n) is 4.13. The van der Waals surface area contributed by atoms with Crippen LogP contribution in [0.2, 0.25) is 0 Å². The minimum atomic E-state index is -2.61. The number of anilines is 2. The second-order valence-corrected chi connectivity index (χ2v) is 9.97. The van der Waals surface area contributed by atoms with Crippen molar-refractivity contribution in [1.29, 1.82) is 5.26 Å². The smallest absolute Gasteiger partial charge is 0.337 e. The fraction of sp³-hybridized carbons (Fsp3) is 0.148. The number of nitrogens with zero attached hydrogens (tertiary/aromatic N) is 3. The zero-order chi connectivity index (χ0) is 26.2. The number of pyridine rings is 1. The first-order chi connectivity index (χ1) is 17.0. The van der Waals surface area contributed by atoms with Crippen LogP contribution < -0.4 is 4.31 Å². The highest BCUT2D eigenvalue weighted by Crippen LogP contribution is 2.41. The van der Waals surface area contributed by atoms with E-state index in [1.54, 1.807) is 30.3 Å². The molecule has 7 nitrogen and oxygen atoms in total. The van der Waals surface area contributed by atoms with Crippen LogP contribution in [0.15, 0.2) is 66.9 Å². The molecular formula is C27H22FN3O4S. The number of benzene rings is 3. The molecule has 0 spiro atoms. The summed E-state index contributed by atoms with van der Waals surface area (Å²) in [5.41, 5.74) is 1.74. The summed E-state index contributed by atoms with van der Waals surface area (Å²) in [6.07, 6.45) is 1.47. The highest BCUT2D eigenvalue weighted by atomic mass is 32.2. The third kappa shape index (κ3) is 4.56. The van der Waals surface area contributed by atoms with Crippen LogP contribution in [0.1, 0.15) is 42.3 Å². The SMILES string of the molecule is CC(C)(C)c1ccc(N(c2ccc(C#N)cc2-c2ccc(C(=O)O)c3ncccc23)S(=O)O)cc1F. The van der Waals surface area contributed by atoms with Gasteiger partial charge in [0.2, 0.25) is 0 Å². The maximum Gasteiger partial charge on any atom is 0.337 e. The van der Waals surface area contributed by atoms with Gasteiger partial charge in [-0.25, -0.2) is 17.7 Å². The van der Waals surface area contributed by atoms with Gasteiger partial charge in [0.1, 0.15) is 5.82 Å². The Bertz CT molecular complexity index is 1570. The zero-order valence-electron chi connectivity index (χ0n) is 19.7. The molecule has 4 aromatic rings. The molecule has 2 N–H and O–H groups in total. The highest BCUT2D eigenvalue weighted by molar-refractivity contribution is 7.81. The largest absolute Gasteiger partial charge is 0.478 e. The Balaban J connectivity index is 2.00. The van der Waals surface area contributed by atoms with Crippen molar-refractivity contribution in [1.82, 2.24) is 4.98 Å². The van der Waals surface area contributed by atoms with Gasteiger partial charge in [0.05, 0.1) is 34.1 Å². The predicted molar refractivity (Wildman–Crippen MR) is 137 cm³/mol. The van der Waals surface area contributed by atoms with Crippen LogP contribution in [0.5, 0.6) is 0 Å². The summed E-state index contributed by atoms with van der Waals surface area (Å²) in [5.74, 6) is -1.67. The summed E-state index contributed by atoms with van der Waals surface area (Å²) < 4.78 is 39.0. The molecule has 0 fully saturated rings. The van der Waals surface area contributed by atoms with Gasteiger partial charge < -0.3 is 5.11 Å². The van der Waals surface area contributed by atoms with Crippen LogP contribution in [0.25, 0.3) is 22.0 Å². The third-order valence-corrected chi connectivity index (χ3v) is 6.51. The van der Waals surface area contributed by atoms with Crippen LogP contribution in [0.4, 0.5) is 15.8 Å². The Morgan fingerprint density at radius 3 is 2.44 bits per heavy atom. The van der Waals surface area contributed by atoms with E-state index in [-0.39, 0.29) is 28.0 Å². The number of fused-ring (bicyclic) bond motifs is 1. The number of nitriles is 1. The first-order valence-corrected chi connectivity index (χ1v) is 12.0. The summed E-state index contributed by atoms with van der Waals surface area (Å²) >= 11 is -2.61. The van der Waals surface area contributed by atoms with Gasteiger partial charge in [-0.15, -0.1) is 0 Å². The van der Waals surface area contributed by atoms with Crippen molar-refractivity contribution < 1.29 is 23.1 Å². The second kappa shape index (κ2) is 9.49. The number of hydrogen-bond donors (Lipinski definition) is 2. The molecule has 4 rings (SSSR count). The van der Waals surface area contributed by atoms with Crippen molar-refractivity contribution in [3.63, 3.8) is 0 Å². The summed E-state index contributed by atoms with van der Waals surface area (Å²) in [5, 5.41) is 19.6. The summed E-state index contributed by atoms with van der Waals surface area (Å²) in [4.78, 5) is 16.0. The van der Waals surface area contributed by atoms with E-state index in [4.69, 9.17) is 0 Å². The fourth-order valence-corrected chi connectivity index (χ4v) is 4.75. The van der Waals surface area contributed by atoms with E-state index < -0.39 is 28.5 Å². The molecule has 0 saturated heterocycles. The van der Waals surface area contributed by atoms with Crippen molar-refractivity contribution >= 4 is 39.5 Å². The highest BCUT2D eigenvalue weighted by Gasteiger charge is 2.25. The minimum Gasteiger partial charge on any atom is -0.478 e. The van der Waals surface area contributed by atoms with E-state index in [2.05, 4.69) is 11.1 Å². The lowest BCUT2D eigenvalue weighted by atomic mass is 9.86. The quantitative estimate of drug-likeness (QED) is 0.314. The summed E-state index contributed by atoms with van der Waals surface area (Å²) in [7, 11) is 0. The van der Waals surface area contributed by atoms with Gasteiger partial charge in [-0.05, 0) is 59.0 Å². The zero-order valence-corrected chi connectivity index (χ0v) is 20.5. The van der Waals surface area contributed by atoms with Gasteiger partial charge in [0, 0.05) is 17.1 Å². The molecule has 1 heterocycles. The Hall–Kier alpha value is -4.13. The van der Waals surface area contributed by atoms with Gasteiger partial charge in [0.15, 0.2) is 0 Å². The lowest BCUT2D eigenvalue weighted by molar-refractivity contribution is 0.0699. The first-order valence-electron chi connectivity index (χ1n) is 10.9. The number of halogens is 1. The average molecular weight is 504 g/mol. The van der Waals surface area contributed by atoms with E-state index in [0.29, 0.717) is 22.1 Å². The molecule has 1 atom stereocenters. The van der Waals surface area contributed by atoms with E-state index >= 15 is 4.39 Å². The van der Waals surface area contributed by atoms with Crippen LogP contribution in [0.3, 0.4) is 0 Å². The predicted octanol–water partition coefficient (Wildman–Crippen LogP) is 6.18. The van der Waals surface area contributed by atoms with Gasteiger partial charge in [-0.3, -0.25) is 9.54 Å². The Morgan fingerprint density at radius 2 is 1.83 bits per heavy atom. The number of hydrogen-bond acceptors (Lipinski definition) is 4. The summed E-state index contributed by atoms with van der Waals surface area (Å²) in [6, 6.07) is 17.2. The molecule has 36 heavy (non-hydrogen) atoms. The Morgan fingerprint density at radius 1 is 1.08 bits per heavy atom. The third-order valence-electron chi connectivity index (χ3n) is 5.79. The van der Waals surface area contributed by atoms with Crippen LogP contribution >= 0.6 is 0 Å². The number of carboxylic acids is 1. The van der Waals surface area contributed by atoms with Gasteiger partial charge in [-0.2, -0.15) is 5.26 Å². The molecule has 1 aromatic heterocycles. The molecule has 9 heteroatoms. The van der Waals surface area contributed by atoms with Crippen LogP contribution in [-0.2, 0) is 16.7 Å². The molecule has 0 aliphatic heterocycles. The van der Waals surface area contributed by atoms with Crippen molar-refractivity contribution in [3.8, 4) is 17.2 Å². The minimum absolute atomic E-state index is 0.00484. The van der Waals surface area contributed by atoms with Crippen molar-refractivity contribution in [2.75, 3.05) is 4.31 Å². The molecular weight excluding hydrogens is 481 g/mol. The van der Waals surface area contributed by atoms with Crippen molar-refractivity contribution in [2.45, 2.75) is 26.2 Å². The van der Waals surface area contributed by atoms with Gasteiger partial charge in [0.25, 0.3) is 11.3 Å². The molecule has 0 saturated carbocycles. The van der Waals surface area contributed by atoms with Gasteiger partial charge >= 0.3 is 5.97 Å². The van der Waals surface area contributed by atoms with E-state index in [1.165, 1.54) is 36.5 Å². The standard InChI is InChI=1S/C27H22FN3O4S/c1-27(2,3)22-10-7-17(14-23(22)28)31(36(34)35)24-11-6-16(15-29)13-21(24)18-8-9-20(26(32)33)25-19(18)5-4-12-30-25/h4-14H,1-3H3,(H,32,33)(H,34,35). The number of rotatable bonds is 5. The molecule has 0 amide bonds. The Labute approximate surface area is 209 Å². The van der Waals surface area contributed by atoms with E-state index in [0.717, 1.165) is 4.31 Å². The normalized spacial score (nSPS) is 12.2. The lowest BCUT2D eigenvalue weighted by Gasteiger charge is -2.26. The van der Waals surface area contributed by atoms with Crippen LogP contribution in [0, 0.1) is 17.1 Å². The molecule has 0 radical (unpaired) electrons. The van der Waals surface area contributed by atoms with E-state index in [1.807, 2.05) is 20.8 Å². The number of aromatic nitrogens is 1. The van der Waals surface area contributed by atoms with E-state index in [9.17, 15) is 23.9 Å². The number of carbonyl (C=O) groups is 1. The Kier molecular flexibility index (Phi) is 6.59. The molecule has 0 aliphatic rings. The van der Waals surface area contributed by atoms with Crippen LogP contribution in [-0.4, -0.2) is 24.8 Å². The van der Waals surface area contributed by atoms with Crippen molar-refractivity contribution in [2.24, 2.45) is 0 Å². The maximum atomic E-state index is 15.0. The topological polar surface area (TPSA) is 115 Å². The summed E-state index contributed by atoms with van der Waals surface area (Å²) in [6.45, 7) is 5.60. The monoisotopic (exact) mass is 503 g/mol. The number of aromatic carboxylic acids is 1. The second-order valence-electron chi connectivity index (χ2n) is 9.15. The molecule has 1 unspecified atom stereocenters. The molecule has 3 aromatic carbocycles. The molecule has 182 valence electrons. The van der Waals surface area contributed by atoms with Crippen molar-refractivity contribution in [3.05, 3.63) is 89.4 Å². The van der Waals surface area contributed by atoms with Gasteiger partial charge in [-0.1, -0.05) is 39.0 Å². The first kappa shape index (κ1) is 25.0. The number of carboxylic acid groups (broad SMARTS) is 1. The lowest BCUT2D eigenvalue weighted by Crippen LogP contribution is -2.21. The molecule has 0 aliphatic carbocycles. The maximum absolute atomic E-state index is 15.0. The average Bonchev–Trinajstić information content (AvgIpc) is 2.82.